The summed E-state index contributed by atoms with van der Waals surface area (Å²) < 4.78 is 0. The number of hydrogen-bond acceptors (Lipinski definition) is 3. The maximum absolute atomic E-state index is 10.8. The topological polar surface area (TPSA) is 46.3 Å². The van der Waals surface area contributed by atoms with Gasteiger partial charge < -0.3 is 5.73 Å². The predicted molar refractivity (Wildman–Crippen MR) is 39.7 cm³/mol. The molecule has 0 saturated carbocycles. The number of carbonyl (C=O) groups excluding carboxylic acids is 1. The molecule has 1 saturated heterocycles. The van der Waals surface area contributed by atoms with E-state index in [2.05, 4.69) is 4.90 Å². The van der Waals surface area contributed by atoms with E-state index < -0.39 is 0 Å². The van der Waals surface area contributed by atoms with E-state index in [-0.39, 0.29) is 12.3 Å². The van der Waals surface area contributed by atoms with Gasteiger partial charge in [0.15, 0.2) is 5.78 Å². The minimum absolute atomic E-state index is 0.155. The van der Waals surface area contributed by atoms with Crippen LogP contribution in [-0.4, -0.2) is 36.9 Å². The van der Waals surface area contributed by atoms with Crippen LogP contribution in [0.5, 0.6) is 0 Å². The summed E-state index contributed by atoms with van der Waals surface area (Å²) in [4.78, 5) is 13.0. The van der Waals surface area contributed by atoms with Gasteiger partial charge >= 0.3 is 0 Å². The predicted octanol–water partition coefficient (Wildman–Crippen LogP) is -0.390. The fourth-order valence-electron chi connectivity index (χ4n) is 1.25. The Labute approximate surface area is 61.2 Å². The second-order valence-corrected chi connectivity index (χ2v) is 2.73. The monoisotopic (exact) mass is 142 g/mol. The summed E-state index contributed by atoms with van der Waals surface area (Å²) in [6, 6.07) is 0. The van der Waals surface area contributed by atoms with Gasteiger partial charge in [-0.05, 0) is 25.9 Å². The van der Waals surface area contributed by atoms with E-state index in [0.717, 1.165) is 13.1 Å². The summed E-state index contributed by atoms with van der Waals surface area (Å²) in [6.07, 6.45) is 2.47. The van der Waals surface area contributed by atoms with Crippen molar-refractivity contribution in [2.24, 2.45) is 5.73 Å². The molecular formula is C7H14N2O. The number of nitrogens with zero attached hydrogens (tertiary/aromatic N) is 1. The molecule has 2 N–H and O–H groups in total. The van der Waals surface area contributed by atoms with Crippen molar-refractivity contribution in [3.05, 3.63) is 0 Å². The summed E-state index contributed by atoms with van der Waals surface area (Å²) >= 11 is 0. The highest BCUT2D eigenvalue weighted by Crippen LogP contribution is 2.05. The molecule has 0 atom stereocenters. The lowest BCUT2D eigenvalue weighted by Crippen LogP contribution is -2.30. The Kier molecular flexibility index (Phi) is 2.83. The lowest BCUT2D eigenvalue weighted by atomic mass is 10.4. The van der Waals surface area contributed by atoms with E-state index in [1.807, 2.05) is 0 Å². The lowest BCUT2D eigenvalue weighted by Gasteiger charge is -2.11. The molecule has 1 rings (SSSR count). The maximum atomic E-state index is 10.8. The molecule has 1 fully saturated rings. The molecule has 0 spiro atoms. The average Bonchev–Trinajstić information content (AvgIpc) is 2.40. The van der Waals surface area contributed by atoms with Gasteiger partial charge in [-0.25, -0.2) is 0 Å². The van der Waals surface area contributed by atoms with Crippen LogP contribution in [0.15, 0.2) is 0 Å². The van der Waals surface area contributed by atoms with Gasteiger partial charge in [-0.2, -0.15) is 0 Å². The first-order chi connectivity index (χ1) is 4.83. The molecule has 58 valence electrons. The van der Waals surface area contributed by atoms with Crippen LogP contribution in [0.25, 0.3) is 0 Å². The molecule has 1 heterocycles. The van der Waals surface area contributed by atoms with E-state index in [1.54, 1.807) is 0 Å². The van der Waals surface area contributed by atoms with Crippen LogP contribution in [0.1, 0.15) is 12.8 Å². The zero-order chi connectivity index (χ0) is 7.40. The molecule has 1 aliphatic rings. The zero-order valence-corrected chi connectivity index (χ0v) is 6.18. The van der Waals surface area contributed by atoms with E-state index in [4.69, 9.17) is 5.73 Å². The Morgan fingerprint density at radius 2 is 2.00 bits per heavy atom. The Balaban J connectivity index is 2.17. The third-order valence-corrected chi connectivity index (χ3v) is 1.83. The van der Waals surface area contributed by atoms with E-state index in [1.165, 1.54) is 12.8 Å². The van der Waals surface area contributed by atoms with Crippen molar-refractivity contribution in [1.82, 2.24) is 4.90 Å². The molecule has 0 aromatic carbocycles. The minimum Gasteiger partial charge on any atom is -0.324 e. The lowest BCUT2D eigenvalue weighted by molar-refractivity contribution is -0.118. The molecule has 0 aliphatic carbocycles. The Morgan fingerprint density at radius 3 is 2.50 bits per heavy atom. The molecule has 10 heavy (non-hydrogen) atoms. The number of rotatable bonds is 3. The van der Waals surface area contributed by atoms with Crippen molar-refractivity contribution >= 4 is 5.78 Å². The van der Waals surface area contributed by atoms with Crippen molar-refractivity contribution in [3.8, 4) is 0 Å². The summed E-state index contributed by atoms with van der Waals surface area (Å²) in [7, 11) is 0. The van der Waals surface area contributed by atoms with Crippen molar-refractivity contribution < 1.29 is 4.79 Å². The number of nitrogens with two attached hydrogens (primary N) is 1. The molecule has 0 aromatic heterocycles. The Hall–Kier alpha value is -0.410. The molecule has 0 amide bonds. The number of likely N-dealkylation sites (tertiary alicyclic amines) is 1. The molecule has 3 heteroatoms. The van der Waals surface area contributed by atoms with Crippen molar-refractivity contribution in [3.63, 3.8) is 0 Å². The summed E-state index contributed by atoms with van der Waals surface area (Å²) in [5, 5.41) is 0. The molecule has 0 aromatic rings. The zero-order valence-electron chi connectivity index (χ0n) is 6.18. The maximum Gasteiger partial charge on any atom is 0.160 e. The van der Waals surface area contributed by atoms with E-state index in [0.29, 0.717) is 6.54 Å². The second-order valence-electron chi connectivity index (χ2n) is 2.73. The Morgan fingerprint density at radius 1 is 1.40 bits per heavy atom. The standard InChI is InChI=1S/C7H14N2O/c8-5-7(10)6-9-3-1-2-4-9/h1-6,8H2. The highest BCUT2D eigenvalue weighted by atomic mass is 16.1. The number of hydrogen-bond donors (Lipinski definition) is 1. The van der Waals surface area contributed by atoms with E-state index >= 15 is 0 Å². The summed E-state index contributed by atoms with van der Waals surface area (Å²) in [5.74, 6) is 0.155. The fraction of sp³-hybridized carbons (Fsp3) is 0.857. The van der Waals surface area contributed by atoms with Gasteiger partial charge in [-0.1, -0.05) is 0 Å². The molecule has 0 unspecified atom stereocenters. The SMILES string of the molecule is NCC(=O)CN1CCCC1. The second kappa shape index (κ2) is 3.68. The van der Waals surface area contributed by atoms with Crippen LogP contribution in [-0.2, 0) is 4.79 Å². The molecule has 1 aliphatic heterocycles. The first-order valence-corrected chi connectivity index (χ1v) is 3.77. The summed E-state index contributed by atoms with van der Waals surface area (Å²) in [5.41, 5.74) is 5.17. The summed E-state index contributed by atoms with van der Waals surface area (Å²) in [6.45, 7) is 2.91. The third-order valence-electron chi connectivity index (χ3n) is 1.83. The van der Waals surface area contributed by atoms with Crippen LogP contribution >= 0.6 is 0 Å². The van der Waals surface area contributed by atoms with Crippen LogP contribution in [0, 0.1) is 0 Å². The van der Waals surface area contributed by atoms with Gasteiger partial charge in [0.25, 0.3) is 0 Å². The van der Waals surface area contributed by atoms with E-state index in [9.17, 15) is 4.79 Å². The van der Waals surface area contributed by atoms with Crippen LogP contribution < -0.4 is 5.73 Å². The molecule has 0 radical (unpaired) electrons. The highest BCUT2D eigenvalue weighted by Gasteiger charge is 2.13. The largest absolute Gasteiger partial charge is 0.324 e. The molecular weight excluding hydrogens is 128 g/mol. The number of Topliss-reactive ketones (excluding diaryl/α,β-unsaturated/α-hetero) is 1. The normalized spacial score (nSPS) is 19.7. The first kappa shape index (κ1) is 7.69. The third kappa shape index (κ3) is 2.08. The van der Waals surface area contributed by atoms with Crippen molar-refractivity contribution in [2.75, 3.05) is 26.2 Å². The quantitative estimate of drug-likeness (QED) is 0.583. The average molecular weight is 142 g/mol. The Bertz CT molecular complexity index is 119. The van der Waals surface area contributed by atoms with Crippen LogP contribution in [0.4, 0.5) is 0 Å². The molecule has 3 nitrogen and oxygen atoms in total. The highest BCUT2D eigenvalue weighted by molar-refractivity contribution is 5.82. The van der Waals surface area contributed by atoms with Crippen LogP contribution in [0.2, 0.25) is 0 Å². The number of carbonyl (C=O) groups is 1. The van der Waals surface area contributed by atoms with Crippen LogP contribution in [0.3, 0.4) is 0 Å². The van der Waals surface area contributed by atoms with Gasteiger partial charge in [0.1, 0.15) is 0 Å². The molecule has 0 bridgehead atoms. The van der Waals surface area contributed by atoms with Crippen molar-refractivity contribution in [2.45, 2.75) is 12.8 Å². The van der Waals surface area contributed by atoms with Gasteiger partial charge in [-0.15, -0.1) is 0 Å². The van der Waals surface area contributed by atoms with Gasteiger partial charge in [0.2, 0.25) is 0 Å². The minimum atomic E-state index is 0.155. The van der Waals surface area contributed by atoms with Gasteiger partial charge in [-0.3, -0.25) is 9.69 Å². The van der Waals surface area contributed by atoms with Gasteiger partial charge in [0, 0.05) is 0 Å². The first-order valence-electron chi connectivity index (χ1n) is 3.77. The fourth-order valence-corrected chi connectivity index (χ4v) is 1.25. The van der Waals surface area contributed by atoms with Gasteiger partial charge in [0.05, 0.1) is 13.1 Å². The number of ketones is 1. The van der Waals surface area contributed by atoms with Crippen molar-refractivity contribution in [1.29, 1.82) is 0 Å². The smallest absolute Gasteiger partial charge is 0.160 e.